The molecule has 0 aliphatic carbocycles. The predicted octanol–water partition coefficient (Wildman–Crippen LogP) is 3.59. The first-order valence-corrected chi connectivity index (χ1v) is 7.08. The fourth-order valence-corrected chi connectivity index (χ4v) is 2.46. The Labute approximate surface area is 122 Å². The number of hydrogen-bond acceptors (Lipinski definition) is 2. The molecule has 3 nitrogen and oxygen atoms in total. The van der Waals surface area contributed by atoms with Gasteiger partial charge in [0.1, 0.15) is 5.75 Å². The van der Waals surface area contributed by atoms with Gasteiger partial charge in [0.05, 0.1) is 13.7 Å². The summed E-state index contributed by atoms with van der Waals surface area (Å²) in [4.78, 5) is 0. The van der Waals surface area contributed by atoms with Crippen LogP contribution in [-0.2, 0) is 6.54 Å². The van der Waals surface area contributed by atoms with Crippen molar-refractivity contribution >= 4 is 15.9 Å². The molecule has 1 aromatic carbocycles. The SMILES string of the molecule is CNC(C)c1ccn(Cc2cc(Br)ccc2OC)c1. The van der Waals surface area contributed by atoms with Crippen molar-refractivity contribution < 1.29 is 4.74 Å². The van der Waals surface area contributed by atoms with E-state index in [-0.39, 0.29) is 0 Å². The average molecular weight is 323 g/mol. The Morgan fingerprint density at radius 3 is 2.84 bits per heavy atom. The van der Waals surface area contributed by atoms with Crippen LogP contribution in [0.5, 0.6) is 5.75 Å². The summed E-state index contributed by atoms with van der Waals surface area (Å²) in [5, 5.41) is 3.24. The Balaban J connectivity index is 2.21. The first-order valence-electron chi connectivity index (χ1n) is 6.29. The maximum atomic E-state index is 5.40. The molecule has 1 atom stereocenters. The minimum absolute atomic E-state index is 0.366. The van der Waals surface area contributed by atoms with E-state index in [1.54, 1.807) is 7.11 Å². The van der Waals surface area contributed by atoms with Crippen LogP contribution in [-0.4, -0.2) is 18.7 Å². The molecule has 0 fully saturated rings. The van der Waals surface area contributed by atoms with Crippen molar-refractivity contribution in [2.24, 2.45) is 0 Å². The number of aromatic nitrogens is 1. The molecule has 0 radical (unpaired) electrons. The lowest BCUT2D eigenvalue weighted by atomic mass is 10.2. The number of hydrogen-bond donors (Lipinski definition) is 1. The summed E-state index contributed by atoms with van der Waals surface area (Å²) in [7, 11) is 3.68. The molecule has 1 N–H and O–H groups in total. The second-order valence-electron chi connectivity index (χ2n) is 4.58. The van der Waals surface area contributed by atoms with Gasteiger partial charge >= 0.3 is 0 Å². The van der Waals surface area contributed by atoms with E-state index in [9.17, 15) is 0 Å². The molecular formula is C15H19BrN2O. The highest BCUT2D eigenvalue weighted by molar-refractivity contribution is 9.10. The molecule has 102 valence electrons. The average Bonchev–Trinajstić information content (AvgIpc) is 2.86. The van der Waals surface area contributed by atoms with E-state index < -0.39 is 0 Å². The fourth-order valence-electron chi connectivity index (χ4n) is 2.05. The smallest absolute Gasteiger partial charge is 0.123 e. The molecule has 19 heavy (non-hydrogen) atoms. The van der Waals surface area contributed by atoms with Crippen molar-refractivity contribution in [2.45, 2.75) is 19.5 Å². The molecule has 0 saturated carbocycles. The van der Waals surface area contributed by atoms with Gasteiger partial charge in [-0.05, 0) is 43.8 Å². The Hall–Kier alpha value is -1.26. The summed E-state index contributed by atoms with van der Waals surface area (Å²) in [5.41, 5.74) is 2.45. The molecule has 1 aromatic heterocycles. The van der Waals surface area contributed by atoms with Crippen LogP contribution >= 0.6 is 15.9 Å². The Kier molecular flexibility index (Phi) is 4.66. The van der Waals surface area contributed by atoms with E-state index in [4.69, 9.17) is 4.74 Å². The number of rotatable bonds is 5. The molecule has 0 amide bonds. The number of nitrogens with one attached hydrogen (secondary N) is 1. The quantitative estimate of drug-likeness (QED) is 0.910. The zero-order valence-corrected chi connectivity index (χ0v) is 13.1. The predicted molar refractivity (Wildman–Crippen MR) is 81.7 cm³/mol. The third-order valence-electron chi connectivity index (χ3n) is 3.30. The highest BCUT2D eigenvalue weighted by Gasteiger charge is 2.07. The van der Waals surface area contributed by atoms with Crippen LogP contribution in [0.25, 0.3) is 0 Å². The van der Waals surface area contributed by atoms with Gasteiger partial charge in [0.2, 0.25) is 0 Å². The van der Waals surface area contributed by atoms with Crippen molar-refractivity contribution in [3.63, 3.8) is 0 Å². The van der Waals surface area contributed by atoms with E-state index in [1.807, 2.05) is 19.2 Å². The van der Waals surface area contributed by atoms with Gasteiger partial charge in [-0.25, -0.2) is 0 Å². The highest BCUT2D eigenvalue weighted by Crippen LogP contribution is 2.24. The van der Waals surface area contributed by atoms with Gasteiger partial charge in [0.15, 0.2) is 0 Å². The minimum Gasteiger partial charge on any atom is -0.496 e. The molecule has 4 heteroatoms. The zero-order chi connectivity index (χ0) is 13.8. The van der Waals surface area contributed by atoms with Crippen molar-refractivity contribution in [3.8, 4) is 5.75 Å². The lowest BCUT2D eigenvalue weighted by Crippen LogP contribution is -2.11. The molecule has 0 aliphatic rings. The summed E-state index contributed by atoms with van der Waals surface area (Å²) in [6.07, 6.45) is 4.27. The number of halogens is 1. The lowest BCUT2D eigenvalue weighted by molar-refractivity contribution is 0.408. The van der Waals surface area contributed by atoms with Crippen molar-refractivity contribution in [1.82, 2.24) is 9.88 Å². The minimum atomic E-state index is 0.366. The molecule has 1 heterocycles. The van der Waals surface area contributed by atoms with Crippen LogP contribution in [0.3, 0.4) is 0 Å². The molecule has 0 aliphatic heterocycles. The molecular weight excluding hydrogens is 304 g/mol. The third kappa shape index (κ3) is 3.39. The number of ether oxygens (including phenoxy) is 1. The largest absolute Gasteiger partial charge is 0.496 e. The molecule has 1 unspecified atom stereocenters. The normalized spacial score (nSPS) is 12.4. The van der Waals surface area contributed by atoms with Crippen LogP contribution in [0.4, 0.5) is 0 Å². The number of benzene rings is 1. The van der Waals surface area contributed by atoms with Gasteiger partial charge < -0.3 is 14.6 Å². The van der Waals surface area contributed by atoms with E-state index >= 15 is 0 Å². The van der Waals surface area contributed by atoms with E-state index in [2.05, 4.69) is 57.3 Å². The summed E-state index contributed by atoms with van der Waals surface area (Å²) in [6.45, 7) is 2.96. The number of methoxy groups -OCH3 is 1. The van der Waals surface area contributed by atoms with E-state index in [0.717, 1.165) is 22.3 Å². The summed E-state index contributed by atoms with van der Waals surface area (Å²) >= 11 is 3.50. The van der Waals surface area contributed by atoms with Crippen molar-refractivity contribution in [1.29, 1.82) is 0 Å². The van der Waals surface area contributed by atoms with Gasteiger partial charge in [-0.3, -0.25) is 0 Å². The van der Waals surface area contributed by atoms with Crippen LogP contribution in [0.1, 0.15) is 24.1 Å². The third-order valence-corrected chi connectivity index (χ3v) is 3.79. The van der Waals surface area contributed by atoms with Crippen LogP contribution in [0.15, 0.2) is 41.1 Å². The summed E-state index contributed by atoms with van der Waals surface area (Å²) < 4.78 is 8.64. The lowest BCUT2D eigenvalue weighted by Gasteiger charge is -2.10. The molecule has 2 rings (SSSR count). The fraction of sp³-hybridized carbons (Fsp3) is 0.333. The molecule has 0 saturated heterocycles. The van der Waals surface area contributed by atoms with Gasteiger partial charge in [0.25, 0.3) is 0 Å². The van der Waals surface area contributed by atoms with E-state index in [1.165, 1.54) is 5.56 Å². The second kappa shape index (κ2) is 6.26. The molecule has 0 bridgehead atoms. The first kappa shape index (κ1) is 14.2. The maximum absolute atomic E-state index is 5.40. The molecule has 2 aromatic rings. The van der Waals surface area contributed by atoms with Crippen molar-refractivity contribution in [2.75, 3.05) is 14.2 Å². The van der Waals surface area contributed by atoms with Gasteiger partial charge in [-0.1, -0.05) is 15.9 Å². The Morgan fingerprint density at radius 1 is 1.37 bits per heavy atom. The summed E-state index contributed by atoms with van der Waals surface area (Å²) in [6, 6.07) is 8.59. The van der Waals surface area contributed by atoms with Crippen molar-refractivity contribution in [3.05, 3.63) is 52.3 Å². The van der Waals surface area contributed by atoms with Gasteiger partial charge in [0, 0.05) is 28.5 Å². The topological polar surface area (TPSA) is 26.2 Å². The first-order chi connectivity index (χ1) is 9.13. The monoisotopic (exact) mass is 322 g/mol. The number of nitrogens with zero attached hydrogens (tertiary/aromatic N) is 1. The standard InChI is InChI=1S/C15H19BrN2O/c1-11(17-2)12-6-7-18(9-12)10-13-8-14(16)4-5-15(13)19-3/h4-9,11,17H,10H2,1-3H3. The van der Waals surface area contributed by atoms with Gasteiger partial charge in [-0.2, -0.15) is 0 Å². The van der Waals surface area contributed by atoms with Crippen LogP contribution < -0.4 is 10.1 Å². The second-order valence-corrected chi connectivity index (χ2v) is 5.50. The van der Waals surface area contributed by atoms with Crippen LogP contribution in [0.2, 0.25) is 0 Å². The molecule has 0 spiro atoms. The summed E-state index contributed by atoms with van der Waals surface area (Å²) in [5.74, 6) is 0.917. The maximum Gasteiger partial charge on any atom is 0.123 e. The van der Waals surface area contributed by atoms with Crippen LogP contribution in [0, 0.1) is 0 Å². The highest BCUT2D eigenvalue weighted by atomic mass is 79.9. The Morgan fingerprint density at radius 2 is 2.16 bits per heavy atom. The van der Waals surface area contributed by atoms with Gasteiger partial charge in [-0.15, -0.1) is 0 Å². The zero-order valence-electron chi connectivity index (χ0n) is 11.5. The van der Waals surface area contributed by atoms with E-state index in [0.29, 0.717) is 6.04 Å². The Bertz CT molecular complexity index is 551.